The van der Waals surface area contributed by atoms with Gasteiger partial charge in [-0.05, 0) is 30.7 Å². The zero-order valence-corrected chi connectivity index (χ0v) is 17.2. The number of para-hydroxylation sites is 1. The Kier molecular flexibility index (Phi) is 6.17. The van der Waals surface area contributed by atoms with Crippen LogP contribution in [0.1, 0.15) is 6.92 Å². The molecule has 0 aromatic heterocycles. The Hall–Kier alpha value is -3.26. The minimum Gasteiger partial charge on any atom is -0.324 e. The van der Waals surface area contributed by atoms with Gasteiger partial charge in [0.25, 0.3) is 0 Å². The van der Waals surface area contributed by atoms with Crippen LogP contribution in [0.3, 0.4) is 0 Å². The Morgan fingerprint density at radius 3 is 2.20 bits per heavy atom. The first-order chi connectivity index (χ1) is 14.2. The summed E-state index contributed by atoms with van der Waals surface area (Å²) >= 11 is 0. The van der Waals surface area contributed by atoms with Gasteiger partial charge in [-0.15, -0.1) is 0 Å². The predicted octanol–water partition coefficient (Wildman–Crippen LogP) is 4.43. The molecule has 0 heterocycles. The van der Waals surface area contributed by atoms with Gasteiger partial charge < -0.3 is 5.32 Å². The maximum absolute atomic E-state index is 13.7. The van der Waals surface area contributed by atoms with E-state index in [-0.39, 0.29) is 5.69 Å². The van der Waals surface area contributed by atoms with Crippen molar-refractivity contribution in [2.75, 3.05) is 15.9 Å². The van der Waals surface area contributed by atoms with Crippen molar-refractivity contribution in [2.45, 2.75) is 13.0 Å². The number of nitrogens with zero attached hydrogens (tertiary/aromatic N) is 1. The smallest absolute Gasteiger partial charge is 0.248 e. The summed E-state index contributed by atoms with van der Waals surface area (Å²) in [4.78, 5) is 12.9. The van der Waals surface area contributed by atoms with Crippen LogP contribution in [0.25, 0.3) is 11.1 Å². The molecule has 0 saturated heterocycles. The highest BCUT2D eigenvalue weighted by molar-refractivity contribution is 7.92. The zero-order chi connectivity index (χ0) is 21.9. The van der Waals surface area contributed by atoms with E-state index in [9.17, 15) is 22.0 Å². The molecule has 0 unspecified atom stereocenters. The molecule has 0 spiro atoms. The molecule has 30 heavy (non-hydrogen) atoms. The van der Waals surface area contributed by atoms with Gasteiger partial charge in [-0.1, -0.05) is 48.5 Å². The highest BCUT2D eigenvalue weighted by atomic mass is 32.2. The number of carbonyl (C=O) groups excluding carboxylic acids is 1. The van der Waals surface area contributed by atoms with E-state index < -0.39 is 33.6 Å². The number of sulfonamides is 1. The molecule has 0 fully saturated rings. The van der Waals surface area contributed by atoms with Gasteiger partial charge in [0.15, 0.2) is 11.6 Å². The van der Waals surface area contributed by atoms with Gasteiger partial charge >= 0.3 is 0 Å². The lowest BCUT2D eigenvalue weighted by molar-refractivity contribution is -0.116. The Morgan fingerprint density at radius 2 is 1.57 bits per heavy atom. The van der Waals surface area contributed by atoms with Gasteiger partial charge in [0, 0.05) is 17.3 Å². The lowest BCUT2D eigenvalue weighted by atomic mass is 10.0. The highest BCUT2D eigenvalue weighted by Crippen LogP contribution is 2.29. The monoisotopic (exact) mass is 430 g/mol. The van der Waals surface area contributed by atoms with E-state index >= 15 is 0 Å². The van der Waals surface area contributed by atoms with Crippen molar-refractivity contribution in [1.82, 2.24) is 0 Å². The summed E-state index contributed by atoms with van der Waals surface area (Å²) in [5.41, 5.74) is 1.99. The summed E-state index contributed by atoms with van der Waals surface area (Å²) in [7, 11) is -3.96. The third kappa shape index (κ3) is 4.65. The largest absolute Gasteiger partial charge is 0.324 e. The Bertz CT molecular complexity index is 1170. The molecule has 3 aromatic carbocycles. The van der Waals surface area contributed by atoms with E-state index in [0.29, 0.717) is 5.69 Å². The minimum atomic E-state index is -3.96. The lowest BCUT2D eigenvalue weighted by Gasteiger charge is -2.28. The molecule has 0 radical (unpaired) electrons. The topological polar surface area (TPSA) is 66.5 Å². The van der Waals surface area contributed by atoms with Crippen LogP contribution in [0.2, 0.25) is 0 Å². The minimum absolute atomic E-state index is 0.143. The fourth-order valence-corrected chi connectivity index (χ4v) is 4.30. The standard InChI is InChI=1S/C22H20F2N2O3S/c1-15(26(30(2,28)29)17-12-13-19(23)20(24)14-17)22(27)25-21-11-7-6-10-18(21)16-8-4-3-5-9-16/h3-15H,1-2H3,(H,25,27)/t15-/m0/s1. The van der Waals surface area contributed by atoms with Gasteiger partial charge in [0.1, 0.15) is 6.04 Å². The van der Waals surface area contributed by atoms with Crippen LogP contribution in [0.5, 0.6) is 0 Å². The van der Waals surface area contributed by atoms with E-state index in [2.05, 4.69) is 5.32 Å². The molecule has 1 amide bonds. The summed E-state index contributed by atoms with van der Waals surface area (Å²) in [5, 5.41) is 2.74. The third-order valence-corrected chi connectivity index (χ3v) is 5.76. The number of halogens is 2. The first kappa shape index (κ1) is 21.4. The summed E-state index contributed by atoms with van der Waals surface area (Å²) in [6.07, 6.45) is 0.899. The molecule has 8 heteroatoms. The number of hydrogen-bond acceptors (Lipinski definition) is 3. The molecule has 5 nitrogen and oxygen atoms in total. The molecule has 1 atom stereocenters. The highest BCUT2D eigenvalue weighted by Gasteiger charge is 2.30. The molecule has 3 rings (SSSR count). The Labute approximate surface area is 174 Å². The van der Waals surface area contributed by atoms with Crippen LogP contribution in [0.15, 0.2) is 72.8 Å². The summed E-state index contributed by atoms with van der Waals surface area (Å²) in [6.45, 7) is 1.38. The van der Waals surface area contributed by atoms with E-state index in [0.717, 1.165) is 39.9 Å². The lowest BCUT2D eigenvalue weighted by Crippen LogP contribution is -2.45. The van der Waals surface area contributed by atoms with Crippen LogP contribution in [0, 0.1) is 11.6 Å². The van der Waals surface area contributed by atoms with Crippen molar-refractivity contribution in [3.63, 3.8) is 0 Å². The second-order valence-corrected chi connectivity index (χ2v) is 8.59. The molecule has 0 bridgehead atoms. The van der Waals surface area contributed by atoms with Gasteiger partial charge in [-0.25, -0.2) is 17.2 Å². The zero-order valence-electron chi connectivity index (χ0n) is 16.3. The molecule has 1 N–H and O–H groups in total. The van der Waals surface area contributed by atoms with Crippen molar-refractivity contribution in [3.8, 4) is 11.1 Å². The van der Waals surface area contributed by atoms with E-state index in [1.54, 1.807) is 12.1 Å². The van der Waals surface area contributed by atoms with Crippen molar-refractivity contribution < 1.29 is 22.0 Å². The van der Waals surface area contributed by atoms with Gasteiger partial charge in [0.05, 0.1) is 11.9 Å². The van der Waals surface area contributed by atoms with Gasteiger partial charge in [0.2, 0.25) is 15.9 Å². The molecule has 0 aliphatic carbocycles. The van der Waals surface area contributed by atoms with E-state index in [1.165, 1.54) is 6.92 Å². The van der Waals surface area contributed by atoms with Gasteiger partial charge in [-0.2, -0.15) is 0 Å². The fourth-order valence-electron chi connectivity index (χ4n) is 3.13. The number of nitrogens with one attached hydrogen (secondary N) is 1. The number of hydrogen-bond donors (Lipinski definition) is 1. The quantitative estimate of drug-likeness (QED) is 0.629. The summed E-state index contributed by atoms with van der Waals surface area (Å²) in [6, 6.07) is 18.0. The first-order valence-corrected chi connectivity index (χ1v) is 10.9. The molecular weight excluding hydrogens is 410 g/mol. The average molecular weight is 430 g/mol. The van der Waals surface area contributed by atoms with Crippen LogP contribution in [0.4, 0.5) is 20.2 Å². The molecule has 0 aliphatic heterocycles. The van der Waals surface area contributed by atoms with Crippen molar-refractivity contribution >= 4 is 27.3 Å². The van der Waals surface area contributed by atoms with Crippen molar-refractivity contribution in [2.24, 2.45) is 0 Å². The summed E-state index contributed by atoms with van der Waals surface area (Å²) < 4.78 is 52.4. The maximum Gasteiger partial charge on any atom is 0.248 e. The Balaban J connectivity index is 1.93. The first-order valence-electron chi connectivity index (χ1n) is 9.08. The van der Waals surface area contributed by atoms with Crippen LogP contribution >= 0.6 is 0 Å². The van der Waals surface area contributed by atoms with Crippen LogP contribution < -0.4 is 9.62 Å². The maximum atomic E-state index is 13.7. The molecule has 0 saturated carbocycles. The van der Waals surface area contributed by atoms with Gasteiger partial charge in [-0.3, -0.25) is 9.10 Å². The third-order valence-electron chi connectivity index (χ3n) is 4.52. The second-order valence-electron chi connectivity index (χ2n) is 6.73. The molecule has 3 aromatic rings. The average Bonchev–Trinajstić information content (AvgIpc) is 2.71. The molecular formula is C22H20F2N2O3S. The molecule has 156 valence electrons. The second kappa shape index (κ2) is 8.62. The van der Waals surface area contributed by atoms with Crippen LogP contribution in [-0.2, 0) is 14.8 Å². The SMILES string of the molecule is C[C@@H](C(=O)Nc1ccccc1-c1ccccc1)N(c1ccc(F)c(F)c1)S(C)(=O)=O. The number of carbonyl (C=O) groups is 1. The van der Waals surface area contributed by atoms with E-state index in [1.807, 2.05) is 42.5 Å². The number of amides is 1. The van der Waals surface area contributed by atoms with Crippen molar-refractivity contribution in [3.05, 3.63) is 84.4 Å². The summed E-state index contributed by atoms with van der Waals surface area (Å²) in [5.74, 6) is -2.93. The van der Waals surface area contributed by atoms with Crippen LogP contribution in [-0.4, -0.2) is 26.6 Å². The normalized spacial score (nSPS) is 12.3. The van der Waals surface area contributed by atoms with Crippen molar-refractivity contribution in [1.29, 1.82) is 0 Å². The number of benzene rings is 3. The Morgan fingerprint density at radius 1 is 0.933 bits per heavy atom. The fraction of sp³-hybridized carbons (Fsp3) is 0.136. The van der Waals surface area contributed by atoms with E-state index in [4.69, 9.17) is 0 Å². The predicted molar refractivity (Wildman–Crippen MR) is 114 cm³/mol. The molecule has 0 aliphatic rings. The number of rotatable bonds is 6. The number of anilines is 2.